The summed E-state index contributed by atoms with van der Waals surface area (Å²) in [6.07, 6.45) is 4.42. The summed E-state index contributed by atoms with van der Waals surface area (Å²) in [5, 5.41) is 0. The van der Waals surface area contributed by atoms with Crippen LogP contribution < -0.4 is 0 Å². The Balaban J connectivity index is 2.43. The number of Topliss-reactive ketones (excluding diaryl/α,β-unsaturated/α-hetero) is 1. The van der Waals surface area contributed by atoms with Gasteiger partial charge in [0.1, 0.15) is 5.78 Å². The molecule has 1 rings (SSSR count). The molecule has 0 aromatic rings. The van der Waals surface area contributed by atoms with Crippen molar-refractivity contribution in [3.05, 3.63) is 12.7 Å². The third-order valence-electron chi connectivity index (χ3n) is 1.62. The number of rotatable bonds is 1. The summed E-state index contributed by atoms with van der Waals surface area (Å²) in [4.78, 5) is 10.6. The summed E-state index contributed by atoms with van der Waals surface area (Å²) in [7, 11) is 0. The van der Waals surface area contributed by atoms with Crippen LogP contribution >= 0.6 is 0 Å². The fourth-order valence-corrected chi connectivity index (χ4v) is 1.04. The molecule has 0 amide bonds. The van der Waals surface area contributed by atoms with Crippen LogP contribution in [0.15, 0.2) is 12.7 Å². The number of hydrogen-bond donors (Lipinski definition) is 0. The molecule has 0 spiro atoms. The highest BCUT2D eigenvalue weighted by molar-refractivity contribution is 5.80. The maximum Gasteiger partial charge on any atom is 0.133 e. The van der Waals surface area contributed by atoms with Crippen molar-refractivity contribution in [1.82, 2.24) is 0 Å². The van der Waals surface area contributed by atoms with Gasteiger partial charge in [-0.15, -0.1) is 6.58 Å². The smallest absolute Gasteiger partial charge is 0.133 e. The predicted molar refractivity (Wildman–Crippen MR) is 32.5 cm³/mol. The second-order valence-electron chi connectivity index (χ2n) is 2.28. The van der Waals surface area contributed by atoms with E-state index >= 15 is 0 Å². The van der Waals surface area contributed by atoms with Gasteiger partial charge in [0.15, 0.2) is 0 Å². The third-order valence-corrected chi connectivity index (χ3v) is 1.62. The normalized spacial score (nSPS) is 28.5. The summed E-state index contributed by atoms with van der Waals surface area (Å²) in [6, 6.07) is 0. The fraction of sp³-hybridized carbons (Fsp3) is 0.571. The van der Waals surface area contributed by atoms with Crippen molar-refractivity contribution in [3.63, 3.8) is 0 Å². The van der Waals surface area contributed by atoms with Crippen LogP contribution in [0.3, 0.4) is 0 Å². The molecule has 1 atom stereocenters. The lowest BCUT2D eigenvalue weighted by Gasteiger charge is -1.93. The molecule has 44 valence electrons. The Morgan fingerprint density at radius 1 is 1.75 bits per heavy atom. The first-order valence-electron chi connectivity index (χ1n) is 2.97. The van der Waals surface area contributed by atoms with Crippen LogP contribution in [-0.4, -0.2) is 5.78 Å². The molecule has 0 radical (unpaired) electrons. The van der Waals surface area contributed by atoms with E-state index in [4.69, 9.17) is 0 Å². The molecule has 1 nitrogen and oxygen atoms in total. The van der Waals surface area contributed by atoms with Gasteiger partial charge in [0.2, 0.25) is 0 Å². The first-order valence-corrected chi connectivity index (χ1v) is 2.97. The molecule has 0 heterocycles. The first kappa shape index (κ1) is 5.54. The van der Waals surface area contributed by atoms with E-state index in [-0.39, 0.29) is 0 Å². The molecule has 0 N–H and O–H groups in total. The zero-order valence-corrected chi connectivity index (χ0v) is 4.89. The molecule has 1 fully saturated rings. The van der Waals surface area contributed by atoms with Gasteiger partial charge in [-0.2, -0.15) is 0 Å². The summed E-state index contributed by atoms with van der Waals surface area (Å²) in [5.41, 5.74) is 0. The van der Waals surface area contributed by atoms with Crippen LogP contribution in [0.1, 0.15) is 19.3 Å². The van der Waals surface area contributed by atoms with Crippen LogP contribution in [0.25, 0.3) is 0 Å². The molecular formula is C7H10O. The highest BCUT2D eigenvalue weighted by Gasteiger charge is 2.18. The second-order valence-corrected chi connectivity index (χ2v) is 2.28. The van der Waals surface area contributed by atoms with Crippen molar-refractivity contribution >= 4 is 5.78 Å². The Kier molecular flexibility index (Phi) is 1.47. The van der Waals surface area contributed by atoms with Crippen LogP contribution in [0.2, 0.25) is 0 Å². The van der Waals surface area contributed by atoms with Crippen molar-refractivity contribution in [2.75, 3.05) is 0 Å². The van der Waals surface area contributed by atoms with Gasteiger partial charge in [-0.25, -0.2) is 0 Å². The first-order chi connectivity index (χ1) is 3.83. The van der Waals surface area contributed by atoms with E-state index < -0.39 is 0 Å². The minimum atomic E-state index is 0.398. The SMILES string of the molecule is C=CC1CCC(=O)C1. The summed E-state index contributed by atoms with van der Waals surface area (Å²) < 4.78 is 0. The fourth-order valence-electron chi connectivity index (χ4n) is 1.04. The number of ketones is 1. The Morgan fingerprint density at radius 3 is 2.75 bits per heavy atom. The predicted octanol–water partition coefficient (Wildman–Crippen LogP) is 1.54. The molecule has 8 heavy (non-hydrogen) atoms. The maximum atomic E-state index is 10.6. The molecule has 0 saturated heterocycles. The van der Waals surface area contributed by atoms with E-state index in [1.54, 1.807) is 0 Å². The Morgan fingerprint density at radius 2 is 2.50 bits per heavy atom. The topological polar surface area (TPSA) is 17.1 Å². The van der Waals surface area contributed by atoms with Crippen molar-refractivity contribution in [2.24, 2.45) is 5.92 Å². The lowest BCUT2D eigenvalue weighted by molar-refractivity contribution is -0.117. The van der Waals surface area contributed by atoms with Gasteiger partial charge in [-0.3, -0.25) is 4.79 Å². The monoisotopic (exact) mass is 110 g/mol. The van der Waals surface area contributed by atoms with E-state index in [1.165, 1.54) is 0 Å². The maximum absolute atomic E-state index is 10.6. The molecule has 1 unspecified atom stereocenters. The number of allylic oxidation sites excluding steroid dienone is 1. The number of carbonyl (C=O) groups excluding carboxylic acids is 1. The van der Waals surface area contributed by atoms with Crippen molar-refractivity contribution in [3.8, 4) is 0 Å². The van der Waals surface area contributed by atoms with Crippen LogP contribution in [0.4, 0.5) is 0 Å². The second kappa shape index (κ2) is 2.12. The van der Waals surface area contributed by atoms with Gasteiger partial charge >= 0.3 is 0 Å². The molecule has 1 aliphatic carbocycles. The lowest BCUT2D eigenvalue weighted by Crippen LogP contribution is -1.88. The van der Waals surface area contributed by atoms with Crippen molar-refractivity contribution in [2.45, 2.75) is 19.3 Å². The zero-order valence-electron chi connectivity index (χ0n) is 4.89. The lowest BCUT2D eigenvalue weighted by atomic mass is 10.1. The van der Waals surface area contributed by atoms with Gasteiger partial charge in [-0.05, 0) is 12.3 Å². The summed E-state index contributed by atoms with van der Waals surface area (Å²) >= 11 is 0. The quantitative estimate of drug-likeness (QED) is 0.468. The summed E-state index contributed by atoms with van der Waals surface area (Å²) in [6.45, 7) is 3.62. The molecule has 0 aromatic carbocycles. The Hall–Kier alpha value is -0.590. The summed E-state index contributed by atoms with van der Waals surface area (Å²) in [5.74, 6) is 0.886. The molecular weight excluding hydrogens is 100 g/mol. The zero-order chi connectivity index (χ0) is 5.98. The van der Waals surface area contributed by atoms with Gasteiger partial charge in [-0.1, -0.05) is 6.08 Å². The van der Waals surface area contributed by atoms with Gasteiger partial charge in [0, 0.05) is 12.8 Å². The number of carbonyl (C=O) groups is 1. The molecule has 0 bridgehead atoms. The Labute approximate surface area is 49.4 Å². The molecule has 1 aliphatic rings. The average Bonchev–Trinajstić information content (AvgIpc) is 2.14. The van der Waals surface area contributed by atoms with Gasteiger partial charge in [0.05, 0.1) is 0 Å². The van der Waals surface area contributed by atoms with E-state index in [9.17, 15) is 4.79 Å². The van der Waals surface area contributed by atoms with Crippen molar-refractivity contribution < 1.29 is 4.79 Å². The highest BCUT2D eigenvalue weighted by atomic mass is 16.1. The van der Waals surface area contributed by atoms with Crippen LogP contribution in [0, 0.1) is 5.92 Å². The van der Waals surface area contributed by atoms with Gasteiger partial charge in [0.25, 0.3) is 0 Å². The van der Waals surface area contributed by atoms with Crippen LogP contribution in [0.5, 0.6) is 0 Å². The van der Waals surface area contributed by atoms with Crippen LogP contribution in [-0.2, 0) is 4.79 Å². The minimum absolute atomic E-state index is 0.398. The largest absolute Gasteiger partial charge is 0.300 e. The third kappa shape index (κ3) is 0.971. The standard InChI is InChI=1S/C7H10O/c1-2-6-3-4-7(8)5-6/h2,6H,1,3-5H2. The molecule has 1 heteroatoms. The Bertz CT molecular complexity index is 116. The van der Waals surface area contributed by atoms with E-state index in [0.29, 0.717) is 11.7 Å². The van der Waals surface area contributed by atoms with E-state index in [2.05, 4.69) is 6.58 Å². The minimum Gasteiger partial charge on any atom is -0.300 e. The molecule has 0 aliphatic heterocycles. The average molecular weight is 110 g/mol. The molecule has 0 aromatic heterocycles. The van der Waals surface area contributed by atoms with E-state index in [0.717, 1.165) is 19.3 Å². The van der Waals surface area contributed by atoms with E-state index in [1.807, 2.05) is 6.08 Å². The van der Waals surface area contributed by atoms with Gasteiger partial charge < -0.3 is 0 Å². The number of hydrogen-bond acceptors (Lipinski definition) is 1. The highest BCUT2D eigenvalue weighted by Crippen LogP contribution is 2.21. The molecule has 1 saturated carbocycles. The van der Waals surface area contributed by atoms with Crippen molar-refractivity contribution in [1.29, 1.82) is 0 Å².